The van der Waals surface area contributed by atoms with Crippen LogP contribution in [0.25, 0.3) is 0 Å². The van der Waals surface area contributed by atoms with Crippen molar-refractivity contribution in [3.8, 4) is 0 Å². The van der Waals surface area contributed by atoms with Gasteiger partial charge in [-0.15, -0.1) is 0 Å². The van der Waals surface area contributed by atoms with Gasteiger partial charge in [0.25, 0.3) is 0 Å². The van der Waals surface area contributed by atoms with E-state index in [9.17, 15) is 14.9 Å². The topological polar surface area (TPSA) is 64.1 Å². The highest BCUT2D eigenvalue weighted by atomic mass is 16.6. The van der Waals surface area contributed by atoms with Crippen LogP contribution in [0.3, 0.4) is 0 Å². The number of ketones is 1. The number of rotatable bonds is 4. The largest absolute Gasteiger partial charge is 0.335 e. The summed E-state index contributed by atoms with van der Waals surface area (Å²) in [5.41, 5.74) is 2.03. The van der Waals surface area contributed by atoms with Crippen LogP contribution in [0.4, 0.5) is 5.69 Å². The molecule has 5 heteroatoms. The summed E-state index contributed by atoms with van der Waals surface area (Å²) in [5, 5.41) is 10.9. The summed E-state index contributed by atoms with van der Waals surface area (Å²) < 4.78 is 1.61. The van der Waals surface area contributed by atoms with Crippen molar-refractivity contribution in [3.05, 3.63) is 69.5 Å². The third-order valence-corrected chi connectivity index (χ3v) is 3.17. The number of carbonyl (C=O) groups is 1. The molecule has 0 saturated heterocycles. The Bertz CT molecular complexity index is 666. The van der Waals surface area contributed by atoms with E-state index in [1.165, 1.54) is 6.20 Å². The molecule has 1 heterocycles. The lowest BCUT2D eigenvalue weighted by molar-refractivity contribution is -0.691. The Morgan fingerprint density at radius 1 is 1.25 bits per heavy atom. The van der Waals surface area contributed by atoms with Crippen molar-refractivity contribution in [1.82, 2.24) is 0 Å². The first-order chi connectivity index (χ1) is 9.49. The number of carbonyl (C=O) groups excluding carboxylic acids is 1. The molecule has 2 rings (SSSR count). The summed E-state index contributed by atoms with van der Waals surface area (Å²) in [6.07, 6.45) is 1.42. The second-order valence-electron chi connectivity index (χ2n) is 4.66. The molecule has 0 bridgehead atoms. The van der Waals surface area contributed by atoms with Crippen molar-refractivity contribution >= 4 is 11.5 Å². The van der Waals surface area contributed by atoms with Crippen molar-refractivity contribution in [2.45, 2.75) is 20.4 Å². The molecule has 0 fully saturated rings. The average Bonchev–Trinajstić information content (AvgIpc) is 2.42. The SMILES string of the molecule is Cc1cc(C)[n+](CC(=O)c2ccccc2)cc1[N+](=O)[O-]. The van der Waals surface area contributed by atoms with Crippen molar-refractivity contribution < 1.29 is 14.3 Å². The first-order valence-corrected chi connectivity index (χ1v) is 6.22. The zero-order chi connectivity index (χ0) is 14.7. The van der Waals surface area contributed by atoms with Crippen LogP contribution in [0.5, 0.6) is 0 Å². The van der Waals surface area contributed by atoms with Gasteiger partial charge in [-0.2, -0.15) is 4.57 Å². The average molecular weight is 271 g/mol. The summed E-state index contributed by atoms with van der Waals surface area (Å²) in [4.78, 5) is 22.7. The fourth-order valence-corrected chi connectivity index (χ4v) is 2.05. The molecule has 0 aliphatic carbocycles. The predicted octanol–water partition coefficient (Wildman–Crippen LogP) is 2.38. The second-order valence-corrected chi connectivity index (χ2v) is 4.66. The second kappa shape index (κ2) is 5.61. The quantitative estimate of drug-likeness (QED) is 0.371. The molecule has 102 valence electrons. The number of benzene rings is 1. The third kappa shape index (κ3) is 2.88. The summed E-state index contributed by atoms with van der Waals surface area (Å²) >= 11 is 0. The first kappa shape index (κ1) is 13.9. The van der Waals surface area contributed by atoms with Gasteiger partial charge < -0.3 is 0 Å². The van der Waals surface area contributed by atoms with Crippen molar-refractivity contribution in [3.63, 3.8) is 0 Å². The summed E-state index contributed by atoms with van der Waals surface area (Å²) in [6, 6.07) is 10.6. The molecule has 0 unspecified atom stereocenters. The first-order valence-electron chi connectivity index (χ1n) is 6.22. The van der Waals surface area contributed by atoms with Gasteiger partial charge in [0.1, 0.15) is 0 Å². The Morgan fingerprint density at radius 3 is 2.50 bits per heavy atom. The van der Waals surface area contributed by atoms with Crippen LogP contribution in [0.2, 0.25) is 0 Å². The highest BCUT2D eigenvalue weighted by Gasteiger charge is 2.22. The van der Waals surface area contributed by atoms with Gasteiger partial charge in [0.05, 0.1) is 4.92 Å². The number of aromatic nitrogens is 1. The molecule has 0 saturated carbocycles. The number of aryl methyl sites for hydroxylation is 2. The standard InChI is InChI=1S/C15H15N2O3/c1-11-8-12(2)16(9-14(11)17(19)20)10-15(18)13-6-4-3-5-7-13/h3-9H,10H2,1-2H3/q+1. The summed E-state index contributed by atoms with van der Waals surface area (Å²) in [6.45, 7) is 3.61. The molecule has 20 heavy (non-hydrogen) atoms. The minimum Gasteiger partial charge on any atom is -0.287 e. The van der Waals surface area contributed by atoms with Gasteiger partial charge in [0.15, 0.2) is 5.69 Å². The Labute approximate surface area is 116 Å². The molecule has 1 aromatic heterocycles. The van der Waals surface area contributed by atoms with Crippen molar-refractivity contribution in [1.29, 1.82) is 0 Å². The van der Waals surface area contributed by atoms with Crippen LogP contribution in [-0.2, 0) is 6.54 Å². The van der Waals surface area contributed by atoms with Gasteiger partial charge in [0, 0.05) is 24.1 Å². The van der Waals surface area contributed by atoms with Crippen molar-refractivity contribution in [2.24, 2.45) is 0 Å². The van der Waals surface area contributed by atoms with Crippen LogP contribution in [0.15, 0.2) is 42.6 Å². The lowest BCUT2D eigenvalue weighted by Crippen LogP contribution is -2.41. The van der Waals surface area contributed by atoms with Crippen LogP contribution < -0.4 is 4.57 Å². The fraction of sp³-hybridized carbons (Fsp3) is 0.200. The van der Waals surface area contributed by atoms with E-state index in [0.29, 0.717) is 11.1 Å². The molecule has 0 N–H and O–H groups in total. The van der Waals surface area contributed by atoms with Gasteiger partial charge in [-0.25, -0.2) is 0 Å². The lowest BCUT2D eigenvalue weighted by Gasteiger charge is -2.02. The molecule has 5 nitrogen and oxygen atoms in total. The van der Waals surface area contributed by atoms with E-state index in [4.69, 9.17) is 0 Å². The van der Waals surface area contributed by atoms with E-state index in [-0.39, 0.29) is 18.0 Å². The Hall–Kier alpha value is -2.56. The van der Waals surface area contributed by atoms with E-state index in [0.717, 1.165) is 5.69 Å². The van der Waals surface area contributed by atoms with E-state index >= 15 is 0 Å². The van der Waals surface area contributed by atoms with Crippen LogP contribution in [-0.4, -0.2) is 10.7 Å². The highest BCUT2D eigenvalue weighted by Crippen LogP contribution is 2.15. The van der Waals surface area contributed by atoms with Gasteiger partial charge in [-0.1, -0.05) is 30.3 Å². The van der Waals surface area contributed by atoms with Gasteiger partial charge >= 0.3 is 5.69 Å². The van der Waals surface area contributed by atoms with Crippen LogP contribution in [0, 0.1) is 24.0 Å². The van der Waals surface area contributed by atoms with E-state index < -0.39 is 4.92 Å². The number of nitrogens with zero attached hydrogens (tertiary/aromatic N) is 2. The number of hydrogen-bond donors (Lipinski definition) is 0. The Balaban J connectivity index is 2.32. The number of pyridine rings is 1. The zero-order valence-electron chi connectivity index (χ0n) is 11.4. The minimum atomic E-state index is -0.432. The van der Waals surface area contributed by atoms with Gasteiger partial charge in [-0.05, 0) is 6.92 Å². The molecular formula is C15H15N2O3+. The molecule has 0 atom stereocenters. The monoisotopic (exact) mass is 271 g/mol. The van der Waals surface area contributed by atoms with E-state index in [1.807, 2.05) is 13.0 Å². The molecule has 0 aliphatic rings. The van der Waals surface area contributed by atoms with Crippen molar-refractivity contribution in [2.75, 3.05) is 0 Å². The Morgan fingerprint density at radius 2 is 1.90 bits per heavy atom. The summed E-state index contributed by atoms with van der Waals surface area (Å²) in [7, 11) is 0. The minimum absolute atomic E-state index is 0.0245. The predicted molar refractivity (Wildman–Crippen MR) is 73.5 cm³/mol. The molecule has 0 amide bonds. The number of hydrogen-bond acceptors (Lipinski definition) is 3. The molecule has 0 spiro atoms. The molecule has 1 aromatic carbocycles. The van der Waals surface area contributed by atoms with Crippen LogP contribution in [0.1, 0.15) is 21.6 Å². The van der Waals surface area contributed by atoms with E-state index in [1.54, 1.807) is 41.8 Å². The maximum absolute atomic E-state index is 12.1. The number of nitro groups is 1. The molecule has 0 radical (unpaired) electrons. The summed E-state index contributed by atoms with van der Waals surface area (Å²) in [5.74, 6) is -0.0724. The number of Topliss-reactive ketones (excluding diaryl/α,β-unsaturated/α-hetero) is 1. The Kier molecular flexibility index (Phi) is 3.89. The lowest BCUT2D eigenvalue weighted by atomic mass is 10.1. The van der Waals surface area contributed by atoms with Crippen LogP contribution >= 0.6 is 0 Å². The highest BCUT2D eigenvalue weighted by molar-refractivity contribution is 5.94. The molecule has 0 aliphatic heterocycles. The molecule has 2 aromatic rings. The third-order valence-electron chi connectivity index (χ3n) is 3.17. The van der Waals surface area contributed by atoms with E-state index in [2.05, 4.69) is 0 Å². The molecular weight excluding hydrogens is 256 g/mol. The fourth-order valence-electron chi connectivity index (χ4n) is 2.05. The zero-order valence-corrected chi connectivity index (χ0v) is 11.4. The normalized spacial score (nSPS) is 10.3. The maximum atomic E-state index is 12.1. The smallest absolute Gasteiger partial charge is 0.287 e. The van der Waals surface area contributed by atoms with Gasteiger partial charge in [-0.3, -0.25) is 14.9 Å². The maximum Gasteiger partial charge on any atom is 0.335 e. The van der Waals surface area contributed by atoms with Gasteiger partial charge in [0.2, 0.25) is 18.5 Å².